The molecule has 1 amide bonds. The van der Waals surface area contributed by atoms with Gasteiger partial charge in [0.25, 0.3) is 0 Å². The molecular formula is C19H17ClN2O3. The van der Waals surface area contributed by atoms with Gasteiger partial charge < -0.3 is 15.5 Å². The van der Waals surface area contributed by atoms with Gasteiger partial charge in [0.15, 0.2) is 0 Å². The van der Waals surface area contributed by atoms with Crippen molar-refractivity contribution >= 4 is 28.5 Å². The van der Waals surface area contributed by atoms with Crippen LogP contribution in [0.3, 0.4) is 0 Å². The van der Waals surface area contributed by atoms with E-state index < -0.39 is 18.1 Å². The molecule has 0 spiro atoms. The quantitative estimate of drug-likeness (QED) is 0.604. The summed E-state index contributed by atoms with van der Waals surface area (Å²) >= 11 is 5.80. The molecular weight excluding hydrogens is 340 g/mol. The standard InChI is InChI=1S/C19H17ClN2O3/c20-17-8-7-15(10-21-17)18(23)16(11-22-19(24)25)14-6-5-12-3-1-2-4-13(12)9-14/h1-10,16,18,22-23H,11H2,(H,24,25)/t16-,18+/m1/s1. The monoisotopic (exact) mass is 356 g/mol. The molecule has 3 rings (SSSR count). The zero-order valence-corrected chi connectivity index (χ0v) is 14.0. The molecule has 5 nitrogen and oxygen atoms in total. The third-order valence-electron chi connectivity index (χ3n) is 4.15. The number of halogens is 1. The van der Waals surface area contributed by atoms with Gasteiger partial charge in [0.2, 0.25) is 0 Å². The van der Waals surface area contributed by atoms with E-state index in [1.54, 1.807) is 12.1 Å². The van der Waals surface area contributed by atoms with Crippen LogP contribution < -0.4 is 5.32 Å². The fourth-order valence-electron chi connectivity index (χ4n) is 2.84. The number of nitrogens with zero attached hydrogens (tertiary/aromatic N) is 1. The molecule has 6 heteroatoms. The first kappa shape index (κ1) is 17.2. The van der Waals surface area contributed by atoms with Crippen LogP contribution in [0.4, 0.5) is 4.79 Å². The van der Waals surface area contributed by atoms with Gasteiger partial charge in [-0.1, -0.05) is 60.1 Å². The minimum Gasteiger partial charge on any atom is -0.465 e. The van der Waals surface area contributed by atoms with Crippen LogP contribution in [-0.2, 0) is 0 Å². The third kappa shape index (κ3) is 4.07. The molecule has 0 aliphatic carbocycles. The van der Waals surface area contributed by atoms with Gasteiger partial charge in [0.1, 0.15) is 5.15 Å². The molecule has 3 N–H and O–H groups in total. The maximum absolute atomic E-state index is 10.9. The van der Waals surface area contributed by atoms with Crippen LogP contribution in [0.15, 0.2) is 60.8 Å². The number of pyridine rings is 1. The predicted octanol–water partition coefficient (Wildman–Crippen LogP) is 3.97. The van der Waals surface area contributed by atoms with Gasteiger partial charge >= 0.3 is 6.09 Å². The lowest BCUT2D eigenvalue weighted by Crippen LogP contribution is -2.29. The van der Waals surface area contributed by atoms with Crippen LogP contribution >= 0.6 is 11.6 Å². The molecule has 0 fully saturated rings. The highest BCUT2D eigenvalue weighted by atomic mass is 35.5. The van der Waals surface area contributed by atoms with E-state index in [-0.39, 0.29) is 6.54 Å². The molecule has 1 aromatic heterocycles. The number of carbonyl (C=O) groups is 1. The Morgan fingerprint density at radius 2 is 1.80 bits per heavy atom. The summed E-state index contributed by atoms with van der Waals surface area (Å²) in [5, 5.41) is 24.6. The molecule has 128 valence electrons. The van der Waals surface area contributed by atoms with Crippen molar-refractivity contribution < 1.29 is 15.0 Å². The summed E-state index contributed by atoms with van der Waals surface area (Å²) in [7, 11) is 0. The summed E-state index contributed by atoms with van der Waals surface area (Å²) in [6.45, 7) is 0.0808. The second-order valence-electron chi connectivity index (χ2n) is 5.76. The van der Waals surface area contributed by atoms with Crippen molar-refractivity contribution in [3.63, 3.8) is 0 Å². The van der Waals surface area contributed by atoms with Crippen LogP contribution in [0.25, 0.3) is 10.8 Å². The van der Waals surface area contributed by atoms with Crippen molar-refractivity contribution in [1.82, 2.24) is 10.3 Å². The van der Waals surface area contributed by atoms with Gasteiger partial charge in [-0.25, -0.2) is 9.78 Å². The van der Waals surface area contributed by atoms with Crippen LogP contribution in [0.2, 0.25) is 5.15 Å². The summed E-state index contributed by atoms with van der Waals surface area (Å²) in [5.74, 6) is -0.455. The van der Waals surface area contributed by atoms with E-state index in [9.17, 15) is 9.90 Å². The zero-order valence-electron chi connectivity index (χ0n) is 13.3. The number of nitrogens with one attached hydrogen (secondary N) is 1. The lowest BCUT2D eigenvalue weighted by Gasteiger charge is -2.24. The molecule has 0 unspecified atom stereocenters. The highest BCUT2D eigenvalue weighted by Gasteiger charge is 2.24. The first-order chi connectivity index (χ1) is 12.0. The Labute approximate surface area is 149 Å². The number of hydrogen-bond donors (Lipinski definition) is 3. The van der Waals surface area contributed by atoms with Crippen LogP contribution in [0.1, 0.15) is 23.1 Å². The first-order valence-corrected chi connectivity index (χ1v) is 8.17. The van der Waals surface area contributed by atoms with E-state index in [0.717, 1.165) is 16.3 Å². The summed E-state index contributed by atoms with van der Waals surface area (Å²) in [5.41, 5.74) is 1.42. The lowest BCUT2D eigenvalue weighted by molar-refractivity contribution is 0.140. The van der Waals surface area contributed by atoms with Gasteiger partial charge in [-0.3, -0.25) is 0 Å². The minimum absolute atomic E-state index is 0.0808. The maximum Gasteiger partial charge on any atom is 0.404 e. The van der Waals surface area contributed by atoms with Crippen LogP contribution in [-0.4, -0.2) is 27.8 Å². The Balaban J connectivity index is 1.97. The van der Waals surface area contributed by atoms with Gasteiger partial charge in [-0.15, -0.1) is 0 Å². The Morgan fingerprint density at radius 3 is 2.48 bits per heavy atom. The number of rotatable bonds is 5. The molecule has 1 heterocycles. The summed E-state index contributed by atoms with van der Waals surface area (Å²) in [6, 6.07) is 17.0. The fraction of sp³-hybridized carbons (Fsp3) is 0.158. The summed E-state index contributed by atoms with van der Waals surface area (Å²) in [6.07, 6.45) is -0.549. The SMILES string of the molecule is O=C(O)NC[C@H](c1ccc2ccccc2c1)[C@@H](O)c1ccc(Cl)nc1. The summed E-state index contributed by atoms with van der Waals surface area (Å²) in [4.78, 5) is 14.9. The fourth-order valence-corrected chi connectivity index (χ4v) is 2.95. The number of hydrogen-bond acceptors (Lipinski definition) is 3. The molecule has 0 radical (unpaired) electrons. The first-order valence-electron chi connectivity index (χ1n) is 7.79. The molecule has 0 bridgehead atoms. The molecule has 0 saturated carbocycles. The number of aromatic nitrogens is 1. The third-order valence-corrected chi connectivity index (χ3v) is 4.37. The average Bonchev–Trinajstić information content (AvgIpc) is 2.62. The number of fused-ring (bicyclic) bond motifs is 1. The molecule has 0 aliphatic rings. The molecule has 2 aromatic carbocycles. The number of amides is 1. The topological polar surface area (TPSA) is 82.5 Å². The van der Waals surface area contributed by atoms with Crippen molar-refractivity contribution in [3.8, 4) is 0 Å². The second kappa shape index (κ2) is 7.51. The number of aliphatic hydroxyl groups excluding tert-OH is 1. The van der Waals surface area contributed by atoms with Crippen molar-refractivity contribution in [3.05, 3.63) is 77.1 Å². The smallest absolute Gasteiger partial charge is 0.404 e. The normalized spacial score (nSPS) is 13.4. The molecule has 3 aromatic rings. The van der Waals surface area contributed by atoms with Gasteiger partial charge in [0.05, 0.1) is 6.10 Å². The molecule has 25 heavy (non-hydrogen) atoms. The second-order valence-corrected chi connectivity index (χ2v) is 6.15. The Hall–Kier alpha value is -2.63. The molecule has 0 saturated heterocycles. The minimum atomic E-state index is -1.13. The Kier molecular flexibility index (Phi) is 5.16. The van der Waals surface area contributed by atoms with Crippen molar-refractivity contribution in [2.75, 3.05) is 6.54 Å². The number of carboxylic acid groups (broad SMARTS) is 1. The van der Waals surface area contributed by atoms with Crippen molar-refractivity contribution in [2.24, 2.45) is 0 Å². The zero-order chi connectivity index (χ0) is 17.8. The predicted molar refractivity (Wildman–Crippen MR) is 96.9 cm³/mol. The number of aliphatic hydroxyl groups is 1. The van der Waals surface area contributed by atoms with Crippen LogP contribution in [0, 0.1) is 0 Å². The summed E-state index contributed by atoms with van der Waals surface area (Å²) < 4.78 is 0. The van der Waals surface area contributed by atoms with Crippen LogP contribution in [0.5, 0.6) is 0 Å². The van der Waals surface area contributed by atoms with Crippen molar-refractivity contribution in [2.45, 2.75) is 12.0 Å². The molecule has 2 atom stereocenters. The lowest BCUT2D eigenvalue weighted by atomic mass is 9.88. The molecule has 0 aliphatic heterocycles. The maximum atomic E-state index is 10.9. The highest BCUT2D eigenvalue weighted by molar-refractivity contribution is 6.29. The van der Waals surface area contributed by atoms with Gasteiger partial charge in [0, 0.05) is 18.7 Å². The Bertz CT molecular complexity index is 883. The van der Waals surface area contributed by atoms with Gasteiger partial charge in [-0.2, -0.15) is 0 Å². The van der Waals surface area contributed by atoms with E-state index in [1.807, 2.05) is 42.5 Å². The van der Waals surface area contributed by atoms with Crippen molar-refractivity contribution in [1.29, 1.82) is 0 Å². The van der Waals surface area contributed by atoms with E-state index in [0.29, 0.717) is 10.7 Å². The van der Waals surface area contributed by atoms with E-state index >= 15 is 0 Å². The largest absolute Gasteiger partial charge is 0.465 e. The van der Waals surface area contributed by atoms with E-state index in [2.05, 4.69) is 10.3 Å². The van der Waals surface area contributed by atoms with E-state index in [1.165, 1.54) is 6.20 Å². The van der Waals surface area contributed by atoms with Gasteiger partial charge in [-0.05, 0) is 28.0 Å². The Morgan fingerprint density at radius 1 is 1.08 bits per heavy atom. The highest BCUT2D eigenvalue weighted by Crippen LogP contribution is 2.32. The number of benzene rings is 2. The average molecular weight is 357 g/mol. The van der Waals surface area contributed by atoms with E-state index in [4.69, 9.17) is 16.7 Å².